The van der Waals surface area contributed by atoms with Crippen molar-refractivity contribution in [3.8, 4) is 0 Å². The van der Waals surface area contributed by atoms with Crippen LogP contribution in [-0.4, -0.2) is 28.1 Å². The van der Waals surface area contributed by atoms with Crippen LogP contribution >= 0.6 is 11.6 Å². The molecule has 1 aliphatic rings. The van der Waals surface area contributed by atoms with Crippen LogP contribution in [0.5, 0.6) is 0 Å². The van der Waals surface area contributed by atoms with Gasteiger partial charge in [0.15, 0.2) is 0 Å². The van der Waals surface area contributed by atoms with Gasteiger partial charge >= 0.3 is 5.69 Å². The highest BCUT2D eigenvalue weighted by atomic mass is 35.5. The summed E-state index contributed by atoms with van der Waals surface area (Å²) in [6.45, 7) is 1.12. The smallest absolute Gasteiger partial charge is 0.332 e. The van der Waals surface area contributed by atoms with Crippen LogP contribution in [0.15, 0.2) is 0 Å². The van der Waals surface area contributed by atoms with Crippen molar-refractivity contribution in [2.75, 3.05) is 18.9 Å². The van der Waals surface area contributed by atoms with Crippen molar-refractivity contribution in [3.05, 3.63) is 21.1 Å². The Balaban J connectivity index is 2.46. The quantitative estimate of drug-likeness (QED) is 0.490. The fourth-order valence-corrected chi connectivity index (χ4v) is 2.09. The van der Waals surface area contributed by atoms with E-state index in [4.69, 9.17) is 22.1 Å². The standard InChI is InChI=1S/C9H11ClN4O3/c10-9-12-6(5-1-3-17-4-2-5)7(14(15)16)8(11)13-9/h5H,1-4H2,(H2,11,12,13). The van der Waals surface area contributed by atoms with Gasteiger partial charge in [-0.3, -0.25) is 10.1 Å². The molecule has 0 unspecified atom stereocenters. The molecular formula is C9H11ClN4O3. The molecule has 0 bridgehead atoms. The van der Waals surface area contributed by atoms with Crippen LogP contribution in [0.3, 0.4) is 0 Å². The maximum absolute atomic E-state index is 11.0. The second-order valence-electron chi connectivity index (χ2n) is 3.76. The molecule has 17 heavy (non-hydrogen) atoms. The van der Waals surface area contributed by atoms with Gasteiger partial charge in [0.05, 0.1) is 4.92 Å². The van der Waals surface area contributed by atoms with Crippen LogP contribution < -0.4 is 5.73 Å². The van der Waals surface area contributed by atoms with Gasteiger partial charge in [-0.05, 0) is 24.4 Å². The first kappa shape index (κ1) is 12.0. The van der Waals surface area contributed by atoms with Gasteiger partial charge in [0.25, 0.3) is 0 Å². The first-order valence-electron chi connectivity index (χ1n) is 5.14. The van der Waals surface area contributed by atoms with E-state index in [-0.39, 0.29) is 22.7 Å². The van der Waals surface area contributed by atoms with Crippen LogP contribution in [0.2, 0.25) is 5.28 Å². The SMILES string of the molecule is Nc1nc(Cl)nc(C2CCOCC2)c1[N+](=O)[O-]. The van der Waals surface area contributed by atoms with Gasteiger partial charge in [0.2, 0.25) is 11.1 Å². The molecule has 1 aromatic rings. The maximum Gasteiger partial charge on any atom is 0.332 e. The third-order valence-electron chi connectivity index (χ3n) is 2.70. The molecule has 0 amide bonds. The summed E-state index contributed by atoms with van der Waals surface area (Å²) in [4.78, 5) is 18.0. The van der Waals surface area contributed by atoms with Crippen LogP contribution in [0.4, 0.5) is 11.5 Å². The molecule has 0 saturated carbocycles. The third kappa shape index (κ3) is 2.45. The highest BCUT2D eigenvalue weighted by Crippen LogP contribution is 2.35. The molecule has 1 aliphatic heterocycles. The minimum Gasteiger partial charge on any atom is -0.381 e. The maximum atomic E-state index is 11.0. The first-order valence-corrected chi connectivity index (χ1v) is 5.52. The number of rotatable bonds is 2. The molecule has 0 radical (unpaired) electrons. The number of nitrogen functional groups attached to an aromatic ring is 1. The van der Waals surface area contributed by atoms with Gasteiger partial charge in [-0.15, -0.1) is 0 Å². The third-order valence-corrected chi connectivity index (χ3v) is 2.87. The summed E-state index contributed by atoms with van der Waals surface area (Å²) >= 11 is 5.69. The normalized spacial score (nSPS) is 17.0. The number of anilines is 1. The summed E-state index contributed by atoms with van der Waals surface area (Å²) < 4.78 is 5.20. The van der Waals surface area contributed by atoms with E-state index in [1.165, 1.54) is 0 Å². The van der Waals surface area contributed by atoms with Crippen molar-refractivity contribution in [3.63, 3.8) is 0 Å². The molecule has 1 aromatic heterocycles. The number of nitrogens with zero attached hydrogens (tertiary/aromatic N) is 3. The zero-order valence-electron chi connectivity index (χ0n) is 8.93. The van der Waals surface area contributed by atoms with Gasteiger partial charge in [-0.25, -0.2) is 4.98 Å². The summed E-state index contributed by atoms with van der Waals surface area (Å²) in [5.41, 5.74) is 5.60. The Hall–Kier alpha value is -1.47. The largest absolute Gasteiger partial charge is 0.381 e. The molecule has 1 fully saturated rings. The van der Waals surface area contributed by atoms with E-state index in [1.54, 1.807) is 0 Å². The van der Waals surface area contributed by atoms with Crippen molar-refractivity contribution in [2.45, 2.75) is 18.8 Å². The van der Waals surface area contributed by atoms with Gasteiger partial charge < -0.3 is 10.5 Å². The summed E-state index contributed by atoms with van der Waals surface area (Å²) in [5.74, 6) is -0.233. The zero-order valence-corrected chi connectivity index (χ0v) is 9.68. The number of hydrogen-bond acceptors (Lipinski definition) is 6. The van der Waals surface area contributed by atoms with Gasteiger partial charge in [-0.1, -0.05) is 0 Å². The second-order valence-corrected chi connectivity index (χ2v) is 4.09. The van der Waals surface area contributed by atoms with E-state index in [0.29, 0.717) is 31.7 Å². The topological polar surface area (TPSA) is 104 Å². The summed E-state index contributed by atoms with van der Waals surface area (Å²) in [5, 5.41) is 10.9. The zero-order chi connectivity index (χ0) is 12.4. The fraction of sp³-hybridized carbons (Fsp3) is 0.556. The van der Waals surface area contributed by atoms with Crippen molar-refractivity contribution >= 4 is 23.1 Å². The van der Waals surface area contributed by atoms with E-state index in [1.807, 2.05) is 0 Å². The Morgan fingerprint density at radius 3 is 2.65 bits per heavy atom. The Labute approximate surface area is 102 Å². The first-order chi connectivity index (χ1) is 8.09. The van der Waals surface area contributed by atoms with E-state index < -0.39 is 4.92 Å². The average molecular weight is 259 g/mol. The number of ether oxygens (including phenoxy) is 1. The lowest BCUT2D eigenvalue weighted by Crippen LogP contribution is -2.17. The molecule has 2 rings (SSSR count). The second kappa shape index (κ2) is 4.80. The lowest BCUT2D eigenvalue weighted by Gasteiger charge is -2.21. The summed E-state index contributed by atoms with van der Waals surface area (Å²) in [6, 6.07) is 0. The lowest BCUT2D eigenvalue weighted by atomic mass is 9.95. The van der Waals surface area contributed by atoms with Crippen LogP contribution in [0.1, 0.15) is 24.5 Å². The fourth-order valence-electron chi connectivity index (χ4n) is 1.90. The number of hydrogen-bond donors (Lipinski definition) is 1. The molecule has 0 aliphatic carbocycles. The monoisotopic (exact) mass is 258 g/mol. The number of halogens is 1. The summed E-state index contributed by atoms with van der Waals surface area (Å²) in [7, 11) is 0. The predicted molar refractivity (Wildman–Crippen MR) is 60.9 cm³/mol. The molecule has 1 saturated heterocycles. The molecule has 7 nitrogen and oxygen atoms in total. The van der Waals surface area contributed by atoms with E-state index in [9.17, 15) is 10.1 Å². The van der Waals surface area contributed by atoms with E-state index in [0.717, 1.165) is 0 Å². The number of nitrogens with two attached hydrogens (primary N) is 1. The van der Waals surface area contributed by atoms with Crippen LogP contribution in [0, 0.1) is 10.1 Å². The molecular weight excluding hydrogens is 248 g/mol. The van der Waals surface area contributed by atoms with E-state index >= 15 is 0 Å². The van der Waals surface area contributed by atoms with Gasteiger partial charge in [-0.2, -0.15) is 4.98 Å². The molecule has 2 N–H and O–H groups in total. The minimum absolute atomic E-state index is 0.0491. The molecule has 8 heteroatoms. The average Bonchev–Trinajstić information content (AvgIpc) is 2.28. The van der Waals surface area contributed by atoms with Crippen LogP contribution in [0.25, 0.3) is 0 Å². The predicted octanol–water partition coefficient (Wildman–Crippen LogP) is 1.51. The summed E-state index contributed by atoms with van der Waals surface area (Å²) in [6.07, 6.45) is 1.35. The minimum atomic E-state index is -0.559. The molecule has 0 atom stereocenters. The van der Waals surface area contributed by atoms with Crippen molar-refractivity contribution < 1.29 is 9.66 Å². The van der Waals surface area contributed by atoms with Crippen molar-refractivity contribution in [1.29, 1.82) is 0 Å². The number of nitro groups is 1. The van der Waals surface area contributed by atoms with Crippen molar-refractivity contribution in [1.82, 2.24) is 9.97 Å². The highest BCUT2D eigenvalue weighted by molar-refractivity contribution is 6.28. The molecule has 0 spiro atoms. The Morgan fingerprint density at radius 1 is 1.41 bits per heavy atom. The Morgan fingerprint density at radius 2 is 2.06 bits per heavy atom. The van der Waals surface area contributed by atoms with E-state index in [2.05, 4.69) is 9.97 Å². The molecule has 0 aromatic carbocycles. The molecule has 2 heterocycles. The van der Waals surface area contributed by atoms with Gasteiger partial charge in [0.1, 0.15) is 5.69 Å². The van der Waals surface area contributed by atoms with Crippen molar-refractivity contribution in [2.24, 2.45) is 0 Å². The lowest BCUT2D eigenvalue weighted by molar-refractivity contribution is -0.385. The Kier molecular flexibility index (Phi) is 3.39. The Bertz CT molecular complexity index is 448. The highest BCUT2D eigenvalue weighted by Gasteiger charge is 2.29. The molecule has 92 valence electrons. The number of aromatic nitrogens is 2. The van der Waals surface area contributed by atoms with Crippen LogP contribution in [-0.2, 0) is 4.74 Å². The van der Waals surface area contributed by atoms with Gasteiger partial charge in [0, 0.05) is 19.1 Å².